The number of fused-ring (bicyclic) bond motifs is 1. The smallest absolute Gasteiger partial charge is 0.251 e. The van der Waals surface area contributed by atoms with E-state index < -0.39 is 0 Å². The van der Waals surface area contributed by atoms with E-state index in [9.17, 15) is 9.59 Å². The van der Waals surface area contributed by atoms with Crippen LogP contribution in [0.3, 0.4) is 0 Å². The van der Waals surface area contributed by atoms with Gasteiger partial charge in [-0.1, -0.05) is 29.8 Å². The lowest BCUT2D eigenvalue weighted by Crippen LogP contribution is -2.29. The van der Waals surface area contributed by atoms with E-state index in [0.29, 0.717) is 35.8 Å². The van der Waals surface area contributed by atoms with Gasteiger partial charge in [0.25, 0.3) is 5.91 Å². The van der Waals surface area contributed by atoms with Gasteiger partial charge in [0.15, 0.2) is 17.3 Å². The number of Topliss-reactive ketones (excluding diaryl/α,β-unsaturated/α-hetero) is 1. The van der Waals surface area contributed by atoms with Crippen molar-refractivity contribution in [2.24, 2.45) is 0 Å². The summed E-state index contributed by atoms with van der Waals surface area (Å²) in [5.41, 5.74) is 2.10. The van der Waals surface area contributed by atoms with Crippen molar-refractivity contribution in [1.82, 2.24) is 5.32 Å². The van der Waals surface area contributed by atoms with Gasteiger partial charge in [-0.25, -0.2) is 0 Å². The molecule has 118 valence electrons. The number of rotatable bonds is 4. The van der Waals surface area contributed by atoms with Gasteiger partial charge in [-0.3, -0.25) is 9.59 Å². The normalized spacial score (nSPS) is 12.6. The molecular formula is C18H17NO4. The molecule has 2 aromatic carbocycles. The summed E-state index contributed by atoms with van der Waals surface area (Å²) in [6, 6.07) is 12.2. The van der Waals surface area contributed by atoms with Crippen LogP contribution in [0.4, 0.5) is 0 Å². The van der Waals surface area contributed by atoms with Crippen LogP contribution in [0.5, 0.6) is 11.5 Å². The molecule has 1 aliphatic heterocycles. The SMILES string of the molecule is Cc1ccc(C(=O)CNC(=O)c2ccc3c(c2)OCCO3)cc1. The molecule has 0 atom stereocenters. The Morgan fingerprint density at radius 3 is 2.35 bits per heavy atom. The summed E-state index contributed by atoms with van der Waals surface area (Å²) in [5, 5.41) is 2.63. The lowest BCUT2D eigenvalue weighted by Gasteiger charge is -2.18. The number of aryl methyl sites for hydroxylation is 1. The van der Waals surface area contributed by atoms with Crippen molar-refractivity contribution in [1.29, 1.82) is 0 Å². The molecule has 0 aromatic heterocycles. The Kier molecular flexibility index (Phi) is 4.28. The zero-order chi connectivity index (χ0) is 16.2. The highest BCUT2D eigenvalue weighted by Crippen LogP contribution is 2.30. The number of carbonyl (C=O) groups excluding carboxylic acids is 2. The molecule has 0 saturated carbocycles. The first-order valence-electron chi connectivity index (χ1n) is 7.41. The molecule has 23 heavy (non-hydrogen) atoms. The van der Waals surface area contributed by atoms with E-state index in [1.165, 1.54) is 0 Å². The van der Waals surface area contributed by atoms with Crippen LogP contribution in [0.15, 0.2) is 42.5 Å². The lowest BCUT2D eigenvalue weighted by atomic mass is 10.1. The van der Waals surface area contributed by atoms with Gasteiger partial charge >= 0.3 is 0 Å². The van der Waals surface area contributed by atoms with Crippen LogP contribution in [-0.2, 0) is 0 Å². The maximum atomic E-state index is 12.2. The maximum Gasteiger partial charge on any atom is 0.251 e. The van der Waals surface area contributed by atoms with Crippen molar-refractivity contribution in [2.45, 2.75) is 6.92 Å². The molecule has 1 amide bonds. The highest BCUT2D eigenvalue weighted by atomic mass is 16.6. The topological polar surface area (TPSA) is 64.6 Å². The van der Waals surface area contributed by atoms with Crippen LogP contribution in [0.25, 0.3) is 0 Å². The van der Waals surface area contributed by atoms with Crippen molar-refractivity contribution in [2.75, 3.05) is 19.8 Å². The fourth-order valence-electron chi connectivity index (χ4n) is 2.29. The minimum Gasteiger partial charge on any atom is -0.486 e. The molecular weight excluding hydrogens is 294 g/mol. The van der Waals surface area contributed by atoms with E-state index in [2.05, 4.69) is 5.32 Å². The summed E-state index contributed by atoms with van der Waals surface area (Å²) in [5.74, 6) is 0.732. The zero-order valence-corrected chi connectivity index (χ0v) is 12.8. The van der Waals surface area contributed by atoms with E-state index in [0.717, 1.165) is 5.56 Å². The predicted molar refractivity (Wildman–Crippen MR) is 85.3 cm³/mol. The maximum absolute atomic E-state index is 12.2. The van der Waals surface area contributed by atoms with E-state index in [1.54, 1.807) is 30.3 Å². The average molecular weight is 311 g/mol. The third kappa shape index (κ3) is 3.51. The van der Waals surface area contributed by atoms with Crippen molar-refractivity contribution < 1.29 is 19.1 Å². The number of nitrogens with one attached hydrogen (secondary N) is 1. The predicted octanol–water partition coefficient (Wildman–Crippen LogP) is 2.38. The average Bonchev–Trinajstić information content (AvgIpc) is 2.59. The summed E-state index contributed by atoms with van der Waals surface area (Å²) < 4.78 is 10.9. The Balaban J connectivity index is 1.63. The standard InChI is InChI=1S/C18H17NO4/c1-12-2-4-13(5-3-12)15(20)11-19-18(21)14-6-7-16-17(10-14)23-9-8-22-16/h2-7,10H,8-9,11H2,1H3,(H,19,21). The van der Waals surface area contributed by atoms with Gasteiger partial charge in [0.2, 0.25) is 0 Å². The second kappa shape index (κ2) is 6.52. The summed E-state index contributed by atoms with van der Waals surface area (Å²) >= 11 is 0. The molecule has 0 bridgehead atoms. The lowest BCUT2D eigenvalue weighted by molar-refractivity contribution is 0.0903. The van der Waals surface area contributed by atoms with E-state index in [-0.39, 0.29) is 18.2 Å². The zero-order valence-electron chi connectivity index (χ0n) is 12.8. The number of benzene rings is 2. The number of hydrogen-bond acceptors (Lipinski definition) is 4. The highest BCUT2D eigenvalue weighted by molar-refractivity contribution is 6.02. The molecule has 3 rings (SSSR count). The second-order valence-electron chi connectivity index (χ2n) is 5.33. The van der Waals surface area contributed by atoms with Crippen LogP contribution in [-0.4, -0.2) is 31.4 Å². The first-order valence-corrected chi connectivity index (χ1v) is 7.41. The molecule has 0 spiro atoms. The fourth-order valence-corrected chi connectivity index (χ4v) is 2.29. The molecule has 2 aromatic rings. The number of ketones is 1. The minimum atomic E-state index is -0.317. The Bertz CT molecular complexity index is 737. The van der Waals surface area contributed by atoms with Gasteiger partial charge in [0, 0.05) is 11.1 Å². The van der Waals surface area contributed by atoms with Gasteiger partial charge < -0.3 is 14.8 Å². The second-order valence-corrected chi connectivity index (χ2v) is 5.33. The summed E-state index contributed by atoms with van der Waals surface area (Å²) in [6.45, 7) is 2.88. The van der Waals surface area contributed by atoms with Crippen molar-refractivity contribution in [3.8, 4) is 11.5 Å². The molecule has 1 heterocycles. The molecule has 1 aliphatic rings. The van der Waals surface area contributed by atoms with Crippen LogP contribution in [0, 0.1) is 6.92 Å². The number of amides is 1. The van der Waals surface area contributed by atoms with Gasteiger partial charge in [-0.05, 0) is 25.1 Å². The number of hydrogen-bond donors (Lipinski definition) is 1. The highest BCUT2D eigenvalue weighted by Gasteiger charge is 2.15. The fraction of sp³-hybridized carbons (Fsp3) is 0.222. The quantitative estimate of drug-likeness (QED) is 0.881. The van der Waals surface area contributed by atoms with Crippen LogP contribution < -0.4 is 14.8 Å². The first-order chi connectivity index (χ1) is 11.1. The van der Waals surface area contributed by atoms with Crippen LogP contribution >= 0.6 is 0 Å². The van der Waals surface area contributed by atoms with Gasteiger partial charge in [-0.2, -0.15) is 0 Å². The largest absolute Gasteiger partial charge is 0.486 e. The molecule has 0 unspecified atom stereocenters. The van der Waals surface area contributed by atoms with E-state index >= 15 is 0 Å². The molecule has 0 radical (unpaired) electrons. The first kappa shape index (κ1) is 15.1. The van der Waals surface area contributed by atoms with Gasteiger partial charge in [0.1, 0.15) is 13.2 Å². The molecule has 5 heteroatoms. The van der Waals surface area contributed by atoms with Crippen molar-refractivity contribution in [3.63, 3.8) is 0 Å². The third-order valence-corrected chi connectivity index (χ3v) is 3.59. The molecule has 5 nitrogen and oxygen atoms in total. The monoisotopic (exact) mass is 311 g/mol. The Labute approximate surface area is 134 Å². The minimum absolute atomic E-state index is 0.0453. The van der Waals surface area contributed by atoms with Crippen LogP contribution in [0.1, 0.15) is 26.3 Å². The van der Waals surface area contributed by atoms with E-state index in [1.807, 2.05) is 19.1 Å². The van der Waals surface area contributed by atoms with Crippen molar-refractivity contribution >= 4 is 11.7 Å². The Morgan fingerprint density at radius 1 is 0.957 bits per heavy atom. The Hall–Kier alpha value is -2.82. The molecule has 0 fully saturated rings. The van der Waals surface area contributed by atoms with Crippen molar-refractivity contribution in [3.05, 3.63) is 59.2 Å². The van der Waals surface area contributed by atoms with Gasteiger partial charge in [0.05, 0.1) is 6.54 Å². The molecule has 0 aliphatic carbocycles. The Morgan fingerprint density at radius 2 is 1.61 bits per heavy atom. The number of carbonyl (C=O) groups is 2. The van der Waals surface area contributed by atoms with Crippen LogP contribution in [0.2, 0.25) is 0 Å². The number of ether oxygens (including phenoxy) is 2. The molecule has 0 saturated heterocycles. The summed E-state index contributed by atoms with van der Waals surface area (Å²) in [6.07, 6.45) is 0. The van der Waals surface area contributed by atoms with Gasteiger partial charge in [-0.15, -0.1) is 0 Å². The third-order valence-electron chi connectivity index (χ3n) is 3.59. The summed E-state index contributed by atoms with van der Waals surface area (Å²) in [7, 11) is 0. The molecule has 1 N–H and O–H groups in total. The van der Waals surface area contributed by atoms with E-state index in [4.69, 9.17) is 9.47 Å². The summed E-state index contributed by atoms with van der Waals surface area (Å²) in [4.78, 5) is 24.2.